The van der Waals surface area contributed by atoms with E-state index >= 15 is 0 Å². The number of rotatable bonds is 7. The van der Waals surface area contributed by atoms with E-state index in [0.717, 1.165) is 17.7 Å². The lowest BCUT2D eigenvalue weighted by Crippen LogP contribution is -2.32. The molecule has 0 saturated heterocycles. The fourth-order valence-corrected chi connectivity index (χ4v) is 1.97. The predicted molar refractivity (Wildman–Crippen MR) is 99.6 cm³/mol. The van der Waals surface area contributed by atoms with E-state index in [2.05, 4.69) is 15.8 Å². The minimum atomic E-state index is -0.869. The van der Waals surface area contributed by atoms with Gasteiger partial charge in [-0.3, -0.25) is 9.59 Å². The largest absolute Gasteiger partial charge is 0.497 e. The highest BCUT2D eigenvalue weighted by atomic mass is 16.5. The molecule has 136 valence electrons. The van der Waals surface area contributed by atoms with Crippen molar-refractivity contribution in [2.24, 2.45) is 5.10 Å². The van der Waals surface area contributed by atoms with Crippen LogP contribution < -0.4 is 20.2 Å². The molecule has 0 aliphatic heterocycles. The average Bonchev–Trinajstić information content (AvgIpc) is 2.67. The summed E-state index contributed by atoms with van der Waals surface area (Å²) in [5.41, 5.74) is 3.41. The van der Waals surface area contributed by atoms with Gasteiger partial charge in [0.05, 0.1) is 19.9 Å². The number of anilines is 1. The molecule has 0 aromatic heterocycles. The minimum absolute atomic E-state index is 0.455. The van der Waals surface area contributed by atoms with Crippen LogP contribution >= 0.6 is 0 Å². The minimum Gasteiger partial charge on any atom is -0.497 e. The van der Waals surface area contributed by atoms with E-state index in [-0.39, 0.29) is 0 Å². The SMILES string of the molecule is CCCOc1ccc(/C=N\NC(=O)C(=O)Nc2cccc(OC)c2)cc1. The van der Waals surface area contributed by atoms with Gasteiger partial charge in [-0.05, 0) is 48.4 Å². The average molecular weight is 355 g/mol. The first-order valence-electron chi connectivity index (χ1n) is 8.13. The van der Waals surface area contributed by atoms with Gasteiger partial charge in [-0.1, -0.05) is 13.0 Å². The van der Waals surface area contributed by atoms with E-state index in [4.69, 9.17) is 9.47 Å². The fourth-order valence-electron chi connectivity index (χ4n) is 1.97. The molecule has 2 aromatic carbocycles. The molecule has 2 amide bonds. The molecule has 2 N–H and O–H groups in total. The Labute approximate surface area is 152 Å². The van der Waals surface area contributed by atoms with Crippen molar-refractivity contribution in [1.82, 2.24) is 5.43 Å². The van der Waals surface area contributed by atoms with Gasteiger partial charge in [-0.2, -0.15) is 5.10 Å². The smallest absolute Gasteiger partial charge is 0.329 e. The highest BCUT2D eigenvalue weighted by Crippen LogP contribution is 2.16. The number of hydrazone groups is 1. The van der Waals surface area contributed by atoms with Gasteiger partial charge in [0.1, 0.15) is 11.5 Å². The number of amides is 2. The van der Waals surface area contributed by atoms with Crippen LogP contribution in [0.3, 0.4) is 0 Å². The lowest BCUT2D eigenvalue weighted by molar-refractivity contribution is -0.136. The zero-order valence-electron chi connectivity index (χ0n) is 14.7. The highest BCUT2D eigenvalue weighted by Gasteiger charge is 2.13. The number of hydrogen-bond acceptors (Lipinski definition) is 5. The number of methoxy groups -OCH3 is 1. The van der Waals surface area contributed by atoms with E-state index in [1.54, 1.807) is 36.4 Å². The monoisotopic (exact) mass is 355 g/mol. The van der Waals surface area contributed by atoms with Crippen LogP contribution in [0, 0.1) is 0 Å². The Balaban J connectivity index is 1.84. The van der Waals surface area contributed by atoms with Gasteiger partial charge in [-0.25, -0.2) is 5.43 Å². The summed E-state index contributed by atoms with van der Waals surface area (Å²) in [7, 11) is 1.52. The summed E-state index contributed by atoms with van der Waals surface area (Å²) in [5.74, 6) is -0.344. The second-order valence-corrected chi connectivity index (χ2v) is 5.30. The zero-order chi connectivity index (χ0) is 18.8. The molecule has 7 heteroatoms. The van der Waals surface area contributed by atoms with E-state index in [1.807, 2.05) is 19.1 Å². The molecule has 0 aliphatic rings. The summed E-state index contributed by atoms with van der Waals surface area (Å²) in [6, 6.07) is 13.9. The summed E-state index contributed by atoms with van der Waals surface area (Å²) in [5, 5.41) is 6.25. The number of ether oxygens (including phenoxy) is 2. The second-order valence-electron chi connectivity index (χ2n) is 5.30. The van der Waals surface area contributed by atoms with Gasteiger partial charge in [0.25, 0.3) is 0 Å². The van der Waals surface area contributed by atoms with E-state index in [9.17, 15) is 9.59 Å². The van der Waals surface area contributed by atoms with Gasteiger partial charge in [-0.15, -0.1) is 0 Å². The van der Waals surface area contributed by atoms with Crippen LogP contribution in [0.2, 0.25) is 0 Å². The topological polar surface area (TPSA) is 89.0 Å². The molecule has 0 heterocycles. The third-order valence-corrected chi connectivity index (χ3v) is 3.27. The molecule has 0 spiro atoms. The molecule has 7 nitrogen and oxygen atoms in total. The maximum absolute atomic E-state index is 11.8. The summed E-state index contributed by atoms with van der Waals surface area (Å²) in [6.07, 6.45) is 2.38. The molecule has 0 aliphatic carbocycles. The van der Waals surface area contributed by atoms with Crippen molar-refractivity contribution >= 4 is 23.7 Å². The highest BCUT2D eigenvalue weighted by molar-refractivity contribution is 6.39. The summed E-state index contributed by atoms with van der Waals surface area (Å²) >= 11 is 0. The lowest BCUT2D eigenvalue weighted by atomic mass is 10.2. The van der Waals surface area contributed by atoms with Gasteiger partial charge in [0, 0.05) is 11.8 Å². The molecule has 26 heavy (non-hydrogen) atoms. The molecule has 2 rings (SSSR count). The maximum Gasteiger partial charge on any atom is 0.329 e. The quantitative estimate of drug-likeness (QED) is 0.454. The molecule has 0 radical (unpaired) electrons. The number of benzene rings is 2. The van der Waals surface area contributed by atoms with Crippen LogP contribution in [0.5, 0.6) is 11.5 Å². The molecule has 2 aromatic rings. The van der Waals surface area contributed by atoms with Gasteiger partial charge in [0.15, 0.2) is 0 Å². The molecule has 0 bridgehead atoms. The maximum atomic E-state index is 11.8. The Kier molecular flexibility index (Phi) is 7.17. The van der Waals surface area contributed by atoms with Gasteiger partial charge >= 0.3 is 11.8 Å². The Morgan fingerprint density at radius 3 is 2.54 bits per heavy atom. The fraction of sp³-hybridized carbons (Fsp3) is 0.211. The van der Waals surface area contributed by atoms with Crippen LogP contribution in [-0.4, -0.2) is 31.7 Å². The summed E-state index contributed by atoms with van der Waals surface area (Å²) in [4.78, 5) is 23.6. The van der Waals surface area contributed by atoms with Crippen LogP contribution in [0.4, 0.5) is 5.69 Å². The molecule has 0 fully saturated rings. The molecule has 0 atom stereocenters. The van der Waals surface area contributed by atoms with E-state index < -0.39 is 11.8 Å². The first kappa shape index (κ1) is 19.0. The number of nitrogens with zero attached hydrogens (tertiary/aromatic N) is 1. The summed E-state index contributed by atoms with van der Waals surface area (Å²) in [6.45, 7) is 2.69. The third kappa shape index (κ3) is 5.94. The standard InChI is InChI=1S/C19H21N3O4/c1-3-11-26-16-9-7-14(8-10-16)13-20-22-19(24)18(23)21-15-5-4-6-17(12-15)25-2/h4-10,12-13H,3,11H2,1-2H3,(H,21,23)(H,22,24)/b20-13-. The zero-order valence-corrected chi connectivity index (χ0v) is 14.7. The normalized spacial score (nSPS) is 10.4. The van der Waals surface area contributed by atoms with Crippen LogP contribution in [0.25, 0.3) is 0 Å². The van der Waals surface area contributed by atoms with Crippen molar-refractivity contribution in [2.45, 2.75) is 13.3 Å². The number of carbonyl (C=O) groups is 2. The molecule has 0 unspecified atom stereocenters. The number of carbonyl (C=O) groups excluding carboxylic acids is 2. The first-order valence-corrected chi connectivity index (χ1v) is 8.13. The number of nitrogens with one attached hydrogen (secondary N) is 2. The Bertz CT molecular complexity index is 773. The van der Waals surface area contributed by atoms with Crippen molar-refractivity contribution in [3.63, 3.8) is 0 Å². The van der Waals surface area contributed by atoms with E-state index in [1.165, 1.54) is 13.3 Å². The molecular weight excluding hydrogens is 334 g/mol. The molecule has 0 saturated carbocycles. The van der Waals surface area contributed by atoms with Gasteiger partial charge in [0.2, 0.25) is 0 Å². The van der Waals surface area contributed by atoms with Crippen molar-refractivity contribution in [3.8, 4) is 11.5 Å². The van der Waals surface area contributed by atoms with Crippen LogP contribution in [-0.2, 0) is 9.59 Å². The third-order valence-electron chi connectivity index (χ3n) is 3.27. The van der Waals surface area contributed by atoms with E-state index in [0.29, 0.717) is 18.0 Å². The Morgan fingerprint density at radius 2 is 1.85 bits per heavy atom. The number of hydrogen-bond donors (Lipinski definition) is 2. The van der Waals surface area contributed by atoms with Crippen LogP contribution in [0.15, 0.2) is 53.6 Å². The van der Waals surface area contributed by atoms with Crippen molar-refractivity contribution in [2.75, 3.05) is 19.0 Å². The van der Waals surface area contributed by atoms with Gasteiger partial charge < -0.3 is 14.8 Å². The summed E-state index contributed by atoms with van der Waals surface area (Å²) < 4.78 is 10.5. The van der Waals surface area contributed by atoms with Crippen LogP contribution in [0.1, 0.15) is 18.9 Å². The lowest BCUT2D eigenvalue weighted by Gasteiger charge is -2.06. The van der Waals surface area contributed by atoms with Crippen molar-refractivity contribution in [3.05, 3.63) is 54.1 Å². The Hall–Kier alpha value is -3.35. The predicted octanol–water partition coefficient (Wildman–Crippen LogP) is 2.57. The van der Waals surface area contributed by atoms with Crippen molar-refractivity contribution in [1.29, 1.82) is 0 Å². The Morgan fingerprint density at radius 1 is 1.08 bits per heavy atom. The molecular formula is C19H21N3O4. The van der Waals surface area contributed by atoms with Crippen molar-refractivity contribution < 1.29 is 19.1 Å². The first-order chi connectivity index (χ1) is 12.6. The second kappa shape index (κ2) is 9.83.